The molecule has 1 unspecified atom stereocenters. The smallest absolute Gasteiger partial charge is 0.272 e. The van der Waals surface area contributed by atoms with E-state index in [4.69, 9.17) is 0 Å². The van der Waals surface area contributed by atoms with E-state index in [9.17, 15) is 19.5 Å². The third-order valence-electron chi connectivity index (χ3n) is 6.37. The van der Waals surface area contributed by atoms with Crippen LogP contribution in [-0.4, -0.2) is 67.5 Å². The topological polar surface area (TPSA) is 107 Å². The number of carbonyl (C=O) groups is 2. The molecular formula is C19H26N4O4. The van der Waals surface area contributed by atoms with Crippen LogP contribution in [0.15, 0.2) is 17.2 Å². The first kappa shape index (κ1) is 18.2. The minimum atomic E-state index is -0.807. The summed E-state index contributed by atoms with van der Waals surface area (Å²) in [5, 5.41) is 9.77. The lowest BCUT2D eigenvalue weighted by atomic mass is 9.82. The normalized spacial score (nSPS) is 31.5. The van der Waals surface area contributed by atoms with E-state index in [1.165, 1.54) is 6.20 Å². The van der Waals surface area contributed by atoms with Gasteiger partial charge in [0.25, 0.3) is 11.5 Å². The summed E-state index contributed by atoms with van der Waals surface area (Å²) in [5.41, 5.74) is -1.10. The Balaban J connectivity index is 1.59. The van der Waals surface area contributed by atoms with E-state index in [1.807, 2.05) is 4.90 Å². The van der Waals surface area contributed by atoms with Crippen molar-refractivity contribution in [3.05, 3.63) is 28.4 Å². The molecule has 1 atom stereocenters. The van der Waals surface area contributed by atoms with Crippen molar-refractivity contribution in [1.82, 2.24) is 19.8 Å². The summed E-state index contributed by atoms with van der Waals surface area (Å²) in [4.78, 5) is 48.1. The van der Waals surface area contributed by atoms with Crippen LogP contribution in [0, 0.1) is 0 Å². The fourth-order valence-electron chi connectivity index (χ4n) is 5.02. The van der Waals surface area contributed by atoms with Crippen molar-refractivity contribution in [2.75, 3.05) is 13.1 Å². The van der Waals surface area contributed by atoms with Crippen LogP contribution >= 0.6 is 0 Å². The number of nitrogens with zero attached hydrogens (tertiary/aromatic N) is 3. The second-order valence-corrected chi connectivity index (χ2v) is 7.97. The van der Waals surface area contributed by atoms with Gasteiger partial charge in [0, 0.05) is 19.1 Å². The summed E-state index contributed by atoms with van der Waals surface area (Å²) in [7, 11) is 0. The molecule has 3 heterocycles. The molecule has 3 aliphatic rings. The largest absolute Gasteiger partial charge is 0.393 e. The summed E-state index contributed by atoms with van der Waals surface area (Å²) >= 11 is 0. The lowest BCUT2D eigenvalue weighted by Gasteiger charge is -2.48. The molecule has 1 aromatic rings. The Morgan fingerprint density at radius 1 is 1.11 bits per heavy atom. The van der Waals surface area contributed by atoms with Gasteiger partial charge in [0.05, 0.1) is 18.5 Å². The number of nitrogens with one attached hydrogen (secondary N) is 1. The first-order valence-electron chi connectivity index (χ1n) is 9.87. The molecule has 8 nitrogen and oxygen atoms in total. The summed E-state index contributed by atoms with van der Waals surface area (Å²) in [5.74, 6) is -0.292. The van der Waals surface area contributed by atoms with Crippen LogP contribution in [0.5, 0.6) is 0 Å². The number of carbonyl (C=O) groups excluding carboxylic acids is 2. The van der Waals surface area contributed by atoms with Gasteiger partial charge in [-0.25, -0.2) is 0 Å². The number of hydrogen-bond donors (Lipinski definition) is 2. The molecule has 1 aromatic heterocycles. The number of piperidine rings is 1. The fraction of sp³-hybridized carbons (Fsp3) is 0.684. The van der Waals surface area contributed by atoms with Crippen molar-refractivity contribution >= 4 is 11.8 Å². The van der Waals surface area contributed by atoms with E-state index in [2.05, 4.69) is 9.97 Å². The Bertz CT molecular complexity index is 786. The third-order valence-corrected chi connectivity index (χ3v) is 6.37. The van der Waals surface area contributed by atoms with Crippen molar-refractivity contribution in [3.63, 3.8) is 0 Å². The molecule has 0 aromatic carbocycles. The number of aromatic nitrogens is 2. The number of aliphatic hydroxyl groups is 1. The molecule has 146 valence electrons. The minimum Gasteiger partial charge on any atom is -0.393 e. The molecule has 2 N–H and O–H groups in total. The Labute approximate surface area is 157 Å². The molecule has 0 radical (unpaired) electrons. The maximum absolute atomic E-state index is 13.5. The second-order valence-electron chi connectivity index (χ2n) is 7.97. The predicted molar refractivity (Wildman–Crippen MR) is 97.1 cm³/mol. The first-order chi connectivity index (χ1) is 13.0. The minimum absolute atomic E-state index is 0.0345. The average molecular weight is 374 g/mol. The van der Waals surface area contributed by atoms with Gasteiger partial charge in [-0.05, 0) is 51.4 Å². The standard InChI is InChI=1S/C19H26N4O4/c24-14-5-3-13(4-6-14)22-9-1-7-19(18(22)27)8-2-10-23(19)17(26)15-11-20-12-16(25)21-15/h11-14,24H,1-10H2,(H,21,25). The highest BCUT2D eigenvalue weighted by atomic mass is 16.3. The van der Waals surface area contributed by atoms with Crippen molar-refractivity contribution in [3.8, 4) is 0 Å². The Morgan fingerprint density at radius 3 is 2.52 bits per heavy atom. The molecule has 2 amide bonds. The molecule has 2 aliphatic heterocycles. The van der Waals surface area contributed by atoms with Crippen molar-refractivity contribution in [2.24, 2.45) is 0 Å². The van der Waals surface area contributed by atoms with Crippen LogP contribution in [0.3, 0.4) is 0 Å². The zero-order chi connectivity index (χ0) is 19.0. The molecule has 1 saturated carbocycles. The lowest BCUT2D eigenvalue weighted by molar-refractivity contribution is -0.149. The van der Waals surface area contributed by atoms with Gasteiger partial charge in [-0.15, -0.1) is 0 Å². The Hall–Kier alpha value is -2.22. The molecule has 1 spiro atoms. The molecule has 2 saturated heterocycles. The second kappa shape index (κ2) is 7.07. The van der Waals surface area contributed by atoms with Gasteiger partial charge in [-0.1, -0.05) is 0 Å². The highest BCUT2D eigenvalue weighted by molar-refractivity contribution is 5.98. The number of aliphatic hydroxyl groups excluding tert-OH is 1. The molecule has 4 rings (SSSR count). The molecule has 27 heavy (non-hydrogen) atoms. The van der Waals surface area contributed by atoms with E-state index in [0.29, 0.717) is 25.9 Å². The highest BCUT2D eigenvalue weighted by Gasteiger charge is 2.54. The zero-order valence-corrected chi connectivity index (χ0v) is 15.4. The van der Waals surface area contributed by atoms with Gasteiger partial charge in [-0.2, -0.15) is 0 Å². The molecule has 1 aliphatic carbocycles. The summed E-state index contributed by atoms with van der Waals surface area (Å²) in [6, 6.07) is 0.147. The Kier molecular flexibility index (Phi) is 4.75. The maximum atomic E-state index is 13.5. The van der Waals surface area contributed by atoms with E-state index >= 15 is 0 Å². The van der Waals surface area contributed by atoms with Crippen molar-refractivity contribution in [1.29, 1.82) is 0 Å². The molecule has 8 heteroatoms. The summed E-state index contributed by atoms with van der Waals surface area (Å²) in [6.07, 6.45) is 8.24. The van der Waals surface area contributed by atoms with E-state index < -0.39 is 11.1 Å². The average Bonchev–Trinajstić information content (AvgIpc) is 3.09. The quantitative estimate of drug-likeness (QED) is 0.791. The van der Waals surface area contributed by atoms with Gasteiger partial charge in [0.2, 0.25) is 5.91 Å². The number of likely N-dealkylation sites (tertiary alicyclic amines) is 2. The van der Waals surface area contributed by atoms with Crippen LogP contribution in [-0.2, 0) is 4.79 Å². The predicted octanol–water partition coefficient (Wildman–Crippen LogP) is 0.671. The number of hydrogen-bond acceptors (Lipinski definition) is 5. The Morgan fingerprint density at radius 2 is 1.81 bits per heavy atom. The van der Waals surface area contributed by atoms with Crippen molar-refractivity contribution < 1.29 is 14.7 Å². The van der Waals surface area contributed by atoms with Gasteiger partial charge < -0.3 is 19.9 Å². The van der Waals surface area contributed by atoms with Gasteiger partial charge >= 0.3 is 0 Å². The molecule has 0 bridgehead atoms. The lowest BCUT2D eigenvalue weighted by Crippen LogP contribution is -2.63. The molecule has 3 fully saturated rings. The van der Waals surface area contributed by atoms with Crippen LogP contribution in [0.1, 0.15) is 61.9 Å². The number of rotatable bonds is 2. The fourth-order valence-corrected chi connectivity index (χ4v) is 5.02. The van der Waals surface area contributed by atoms with E-state index in [1.54, 1.807) is 4.90 Å². The first-order valence-corrected chi connectivity index (χ1v) is 9.87. The van der Waals surface area contributed by atoms with Crippen LogP contribution in [0.2, 0.25) is 0 Å². The summed E-state index contributed by atoms with van der Waals surface area (Å²) < 4.78 is 0. The maximum Gasteiger partial charge on any atom is 0.272 e. The SMILES string of the molecule is O=C(c1cncc(=O)[nH]1)N1CCCC12CCCN(C1CCC(O)CC1)C2=O. The highest BCUT2D eigenvalue weighted by Crippen LogP contribution is 2.40. The van der Waals surface area contributed by atoms with Crippen molar-refractivity contribution in [2.45, 2.75) is 69.1 Å². The molecular weight excluding hydrogens is 348 g/mol. The number of H-pyrrole nitrogens is 1. The summed E-state index contributed by atoms with van der Waals surface area (Å²) in [6.45, 7) is 1.23. The monoisotopic (exact) mass is 374 g/mol. The van der Waals surface area contributed by atoms with Crippen LogP contribution in [0.4, 0.5) is 0 Å². The van der Waals surface area contributed by atoms with Crippen LogP contribution in [0.25, 0.3) is 0 Å². The van der Waals surface area contributed by atoms with E-state index in [-0.39, 0.29) is 29.7 Å². The number of amides is 2. The van der Waals surface area contributed by atoms with Gasteiger partial charge in [0.15, 0.2) is 0 Å². The van der Waals surface area contributed by atoms with E-state index in [0.717, 1.165) is 44.7 Å². The van der Waals surface area contributed by atoms with Crippen LogP contribution < -0.4 is 5.56 Å². The number of aromatic amines is 1. The zero-order valence-electron chi connectivity index (χ0n) is 15.4. The third kappa shape index (κ3) is 3.16. The van der Waals surface area contributed by atoms with Gasteiger partial charge in [0.1, 0.15) is 11.2 Å². The van der Waals surface area contributed by atoms with Gasteiger partial charge in [-0.3, -0.25) is 19.4 Å².